The highest BCUT2D eigenvalue weighted by Crippen LogP contribution is 2.31. The number of carbonyl (C=O) groups excluding carboxylic acids is 2. The molecule has 3 rings (SSSR count). The van der Waals surface area contributed by atoms with Crippen LogP contribution in [0.1, 0.15) is 46.2 Å². The van der Waals surface area contributed by atoms with Crippen molar-refractivity contribution in [2.45, 2.75) is 39.8 Å². The second kappa shape index (κ2) is 11.6. The zero-order valence-corrected chi connectivity index (χ0v) is 20.4. The smallest absolute Gasteiger partial charge is 0.416 e. The Kier molecular flexibility index (Phi) is 8.82. The molecule has 1 aliphatic heterocycles. The fourth-order valence-corrected chi connectivity index (χ4v) is 4.36. The van der Waals surface area contributed by atoms with Crippen LogP contribution in [0.15, 0.2) is 24.3 Å². The van der Waals surface area contributed by atoms with Crippen molar-refractivity contribution in [2.24, 2.45) is 0 Å². The van der Waals surface area contributed by atoms with Gasteiger partial charge in [-0.3, -0.25) is 9.69 Å². The van der Waals surface area contributed by atoms with E-state index in [0.717, 1.165) is 22.9 Å². The van der Waals surface area contributed by atoms with Gasteiger partial charge in [0.15, 0.2) is 0 Å². The van der Waals surface area contributed by atoms with Gasteiger partial charge in [0.05, 0.1) is 12.2 Å². The van der Waals surface area contributed by atoms with E-state index in [9.17, 15) is 22.8 Å². The zero-order valence-electron chi connectivity index (χ0n) is 20.4. The molecule has 0 bridgehead atoms. The lowest BCUT2D eigenvalue weighted by atomic mass is 10.0. The summed E-state index contributed by atoms with van der Waals surface area (Å²) in [5.41, 5.74) is 3.00. The van der Waals surface area contributed by atoms with Crippen LogP contribution in [0.3, 0.4) is 0 Å². The number of nitrogens with one attached hydrogen (secondary N) is 2. The van der Waals surface area contributed by atoms with E-state index >= 15 is 0 Å². The van der Waals surface area contributed by atoms with Crippen LogP contribution < -0.4 is 10.2 Å². The summed E-state index contributed by atoms with van der Waals surface area (Å²) in [5.74, 6) is -0.456. The van der Waals surface area contributed by atoms with Crippen molar-refractivity contribution in [1.82, 2.24) is 15.2 Å². The molecule has 192 valence electrons. The molecule has 10 heteroatoms. The Hall–Kier alpha value is -3.01. The van der Waals surface area contributed by atoms with E-state index in [-0.39, 0.29) is 5.91 Å². The highest BCUT2D eigenvalue weighted by atomic mass is 19.4. The van der Waals surface area contributed by atoms with Crippen molar-refractivity contribution in [3.63, 3.8) is 0 Å². The average Bonchev–Trinajstić information content (AvgIpc) is 3.11. The summed E-state index contributed by atoms with van der Waals surface area (Å²) in [4.78, 5) is 31.6. The summed E-state index contributed by atoms with van der Waals surface area (Å²) in [5, 5.41) is 2.93. The molecule has 1 aromatic heterocycles. The van der Waals surface area contributed by atoms with Crippen LogP contribution in [-0.4, -0.2) is 67.6 Å². The number of aryl methyl sites for hydroxylation is 1. The van der Waals surface area contributed by atoms with Gasteiger partial charge in [-0.15, -0.1) is 0 Å². The fraction of sp³-hybridized carbons (Fsp3) is 0.520. The molecule has 0 spiro atoms. The fourth-order valence-electron chi connectivity index (χ4n) is 4.36. The van der Waals surface area contributed by atoms with Crippen LogP contribution in [-0.2, 0) is 22.1 Å². The molecule has 0 unspecified atom stereocenters. The first-order valence-corrected chi connectivity index (χ1v) is 11.9. The second-order valence-corrected chi connectivity index (χ2v) is 8.68. The van der Waals surface area contributed by atoms with E-state index in [1.165, 1.54) is 12.1 Å². The largest absolute Gasteiger partial charge is 0.461 e. The van der Waals surface area contributed by atoms with Crippen LogP contribution in [0, 0.1) is 13.8 Å². The normalized spacial score (nSPS) is 14.7. The van der Waals surface area contributed by atoms with Gasteiger partial charge < -0.3 is 19.9 Å². The molecule has 0 aliphatic carbocycles. The maximum atomic E-state index is 13.0. The predicted molar refractivity (Wildman–Crippen MR) is 128 cm³/mol. The number of aromatic nitrogens is 1. The Balaban J connectivity index is 1.40. The van der Waals surface area contributed by atoms with Crippen molar-refractivity contribution in [3.8, 4) is 0 Å². The first-order valence-electron chi connectivity index (χ1n) is 11.9. The number of aromatic amines is 1. The zero-order chi connectivity index (χ0) is 25.6. The van der Waals surface area contributed by atoms with Gasteiger partial charge >= 0.3 is 12.1 Å². The number of hydrogen-bond acceptors (Lipinski definition) is 5. The minimum absolute atomic E-state index is 0.0645. The van der Waals surface area contributed by atoms with Crippen LogP contribution in [0.25, 0.3) is 0 Å². The van der Waals surface area contributed by atoms with Crippen molar-refractivity contribution >= 4 is 17.6 Å². The van der Waals surface area contributed by atoms with Gasteiger partial charge in [0.1, 0.15) is 5.69 Å². The number of rotatable bonds is 9. The van der Waals surface area contributed by atoms with Gasteiger partial charge in [0, 0.05) is 57.1 Å². The molecule has 0 atom stereocenters. The van der Waals surface area contributed by atoms with E-state index < -0.39 is 17.7 Å². The first-order chi connectivity index (χ1) is 16.6. The van der Waals surface area contributed by atoms with E-state index in [1.54, 1.807) is 13.0 Å². The minimum Gasteiger partial charge on any atom is -0.461 e. The molecule has 7 nitrogen and oxygen atoms in total. The summed E-state index contributed by atoms with van der Waals surface area (Å²) >= 11 is 0. The van der Waals surface area contributed by atoms with Gasteiger partial charge in [-0.1, -0.05) is 6.07 Å². The number of piperazine rings is 1. The van der Waals surface area contributed by atoms with Crippen molar-refractivity contribution < 1.29 is 27.5 Å². The number of alkyl halides is 3. The highest BCUT2D eigenvalue weighted by molar-refractivity contribution is 5.90. The Morgan fingerprint density at radius 2 is 1.86 bits per heavy atom. The standard InChI is InChI=1S/C25H33F3N4O3/c1-4-35-24(34)23-17(2)21(18(3)30-23)8-9-22(33)29-10-11-31-12-14-32(15-13-31)20-7-5-6-19(16-20)25(26,27)28/h5-7,16,30H,4,8-15H2,1-3H3,(H,29,33). The molecule has 0 saturated carbocycles. The first kappa shape index (κ1) is 26.6. The lowest BCUT2D eigenvalue weighted by Gasteiger charge is -2.36. The number of esters is 1. The molecule has 1 saturated heterocycles. The molecule has 2 heterocycles. The lowest BCUT2D eigenvalue weighted by molar-refractivity contribution is -0.137. The maximum Gasteiger partial charge on any atom is 0.416 e. The third-order valence-electron chi connectivity index (χ3n) is 6.34. The second-order valence-electron chi connectivity index (χ2n) is 8.68. The molecule has 1 aromatic carbocycles. The number of anilines is 1. The lowest BCUT2D eigenvalue weighted by Crippen LogP contribution is -2.48. The van der Waals surface area contributed by atoms with Crippen LogP contribution in [0.2, 0.25) is 0 Å². The van der Waals surface area contributed by atoms with Gasteiger partial charge in [0.25, 0.3) is 0 Å². The topological polar surface area (TPSA) is 77.7 Å². The van der Waals surface area contributed by atoms with E-state index in [2.05, 4.69) is 15.2 Å². The highest BCUT2D eigenvalue weighted by Gasteiger charge is 2.31. The molecular formula is C25H33F3N4O3. The third-order valence-corrected chi connectivity index (χ3v) is 6.34. The van der Waals surface area contributed by atoms with E-state index in [1.807, 2.05) is 18.7 Å². The van der Waals surface area contributed by atoms with E-state index in [0.29, 0.717) is 70.1 Å². The number of H-pyrrole nitrogens is 1. The molecule has 1 fully saturated rings. The van der Waals surface area contributed by atoms with Gasteiger partial charge in [-0.05, 0) is 56.5 Å². The van der Waals surface area contributed by atoms with Crippen LogP contribution in [0.4, 0.5) is 18.9 Å². The number of hydrogen-bond donors (Lipinski definition) is 2. The summed E-state index contributed by atoms with van der Waals surface area (Å²) in [6, 6.07) is 5.42. The number of benzene rings is 1. The van der Waals surface area contributed by atoms with Crippen molar-refractivity contribution in [2.75, 3.05) is 50.8 Å². The average molecular weight is 495 g/mol. The molecular weight excluding hydrogens is 461 g/mol. The number of carbonyl (C=O) groups is 2. The summed E-state index contributed by atoms with van der Waals surface area (Å²) in [6.45, 7) is 9.64. The maximum absolute atomic E-state index is 13.0. The van der Waals surface area contributed by atoms with Crippen LogP contribution >= 0.6 is 0 Å². The Morgan fingerprint density at radius 3 is 2.51 bits per heavy atom. The summed E-state index contributed by atoms with van der Waals surface area (Å²) < 4.78 is 44.0. The Morgan fingerprint density at radius 1 is 1.14 bits per heavy atom. The van der Waals surface area contributed by atoms with Crippen LogP contribution in [0.5, 0.6) is 0 Å². The number of amides is 1. The molecule has 1 amide bonds. The number of ether oxygens (including phenoxy) is 1. The molecule has 2 N–H and O–H groups in total. The predicted octanol–water partition coefficient (Wildman–Crippen LogP) is 3.70. The SMILES string of the molecule is CCOC(=O)c1[nH]c(C)c(CCC(=O)NCCN2CCN(c3cccc(C(F)(F)F)c3)CC2)c1C. The van der Waals surface area contributed by atoms with Gasteiger partial charge in [-0.2, -0.15) is 13.2 Å². The third kappa shape index (κ3) is 7.00. The molecule has 0 radical (unpaired) electrons. The van der Waals surface area contributed by atoms with Crippen molar-refractivity contribution in [1.29, 1.82) is 0 Å². The Bertz CT molecular complexity index is 1030. The van der Waals surface area contributed by atoms with Crippen molar-refractivity contribution in [3.05, 3.63) is 52.3 Å². The number of halogens is 3. The summed E-state index contributed by atoms with van der Waals surface area (Å²) in [6.07, 6.45) is -3.52. The van der Waals surface area contributed by atoms with Gasteiger partial charge in [0.2, 0.25) is 5.91 Å². The minimum atomic E-state index is -4.35. The molecule has 35 heavy (non-hydrogen) atoms. The van der Waals surface area contributed by atoms with Gasteiger partial charge in [-0.25, -0.2) is 4.79 Å². The quantitative estimate of drug-likeness (QED) is 0.520. The number of nitrogens with zero attached hydrogens (tertiary/aromatic N) is 2. The summed E-state index contributed by atoms with van der Waals surface area (Å²) in [7, 11) is 0. The molecule has 1 aliphatic rings. The monoisotopic (exact) mass is 494 g/mol. The molecule has 2 aromatic rings. The Labute approximate surface area is 203 Å². The van der Waals surface area contributed by atoms with E-state index in [4.69, 9.17) is 4.74 Å².